The summed E-state index contributed by atoms with van der Waals surface area (Å²) in [6.07, 6.45) is -1.11. The Morgan fingerprint density at radius 2 is 1.55 bits per heavy atom. The van der Waals surface area contributed by atoms with Crippen LogP contribution in [-0.2, 0) is 19.8 Å². The van der Waals surface area contributed by atoms with Crippen molar-refractivity contribution in [3.05, 3.63) is 131 Å². The van der Waals surface area contributed by atoms with Crippen molar-refractivity contribution in [1.29, 1.82) is 0 Å². The molecule has 0 radical (unpaired) electrons. The number of benzene rings is 3. The molecule has 0 unspecified atom stereocenters. The van der Waals surface area contributed by atoms with Gasteiger partial charge in [0.2, 0.25) is 0 Å². The summed E-state index contributed by atoms with van der Waals surface area (Å²) < 4.78 is 40.6. The van der Waals surface area contributed by atoms with Crippen molar-refractivity contribution < 1.29 is 22.8 Å². The summed E-state index contributed by atoms with van der Waals surface area (Å²) in [6, 6.07) is 24.8. The van der Waals surface area contributed by atoms with Crippen molar-refractivity contribution in [1.82, 2.24) is 14.9 Å². The van der Waals surface area contributed by atoms with Crippen LogP contribution in [0.2, 0.25) is 0 Å². The molecule has 2 N–H and O–H groups in total. The Bertz CT molecular complexity index is 1720. The second kappa shape index (κ2) is 11.7. The third-order valence-electron chi connectivity index (χ3n) is 6.82. The number of hydrogen-bond donors (Lipinski definition) is 2. The first-order chi connectivity index (χ1) is 20.1. The molecule has 0 spiro atoms. The van der Waals surface area contributed by atoms with E-state index in [-0.39, 0.29) is 18.0 Å². The minimum absolute atomic E-state index is 0.271. The van der Waals surface area contributed by atoms with Crippen LogP contribution in [0.25, 0.3) is 22.4 Å². The molecule has 2 heterocycles. The molecule has 2 aromatic heterocycles. The number of carbonyl (C=O) groups is 2. The highest BCUT2D eigenvalue weighted by Gasteiger charge is 2.30. The van der Waals surface area contributed by atoms with E-state index in [0.29, 0.717) is 22.5 Å². The van der Waals surface area contributed by atoms with Crippen LogP contribution in [0, 0.1) is 6.92 Å². The Labute approximate surface area is 240 Å². The number of rotatable bonds is 7. The van der Waals surface area contributed by atoms with Gasteiger partial charge in [0.25, 0.3) is 11.8 Å². The number of pyridine rings is 1. The number of nitrogens with one attached hydrogen (secondary N) is 2. The Morgan fingerprint density at radius 3 is 2.21 bits per heavy atom. The number of halogens is 3. The van der Waals surface area contributed by atoms with Gasteiger partial charge >= 0.3 is 6.18 Å². The first-order valence-corrected chi connectivity index (χ1v) is 13.1. The molecule has 2 amide bonds. The Balaban J connectivity index is 1.24. The molecule has 212 valence electrons. The van der Waals surface area contributed by atoms with Gasteiger partial charge in [0.05, 0.1) is 16.9 Å². The van der Waals surface area contributed by atoms with Crippen molar-refractivity contribution in [2.75, 3.05) is 5.32 Å². The average Bonchev–Trinajstić information content (AvgIpc) is 3.36. The van der Waals surface area contributed by atoms with Gasteiger partial charge in [-0.05, 0) is 53.9 Å². The number of hydrogen-bond acceptors (Lipinski definition) is 3. The van der Waals surface area contributed by atoms with E-state index in [1.807, 2.05) is 43.3 Å². The largest absolute Gasteiger partial charge is 0.416 e. The van der Waals surface area contributed by atoms with E-state index in [1.54, 1.807) is 54.3 Å². The van der Waals surface area contributed by atoms with E-state index in [0.717, 1.165) is 29.0 Å². The maximum atomic E-state index is 13.2. The van der Waals surface area contributed by atoms with Crippen LogP contribution in [0.5, 0.6) is 0 Å². The minimum atomic E-state index is -4.45. The van der Waals surface area contributed by atoms with E-state index in [2.05, 4.69) is 15.6 Å². The number of aromatic nitrogens is 2. The zero-order valence-electron chi connectivity index (χ0n) is 22.9. The van der Waals surface area contributed by atoms with Gasteiger partial charge in [0, 0.05) is 37.1 Å². The molecule has 0 fully saturated rings. The molecule has 0 atom stereocenters. The lowest BCUT2D eigenvalue weighted by atomic mass is 9.98. The van der Waals surface area contributed by atoms with Gasteiger partial charge in [-0.15, -0.1) is 0 Å². The lowest BCUT2D eigenvalue weighted by Gasteiger charge is -2.11. The molecule has 0 aliphatic carbocycles. The monoisotopic (exact) mass is 568 g/mol. The zero-order valence-corrected chi connectivity index (χ0v) is 22.9. The lowest BCUT2D eigenvalue weighted by Crippen LogP contribution is -2.24. The van der Waals surface area contributed by atoms with Crippen molar-refractivity contribution in [3.63, 3.8) is 0 Å². The standard InChI is InChI=1S/C33H27F3N4O2/c1-21-7-10-24(11-8-21)29-16-9-22(18-37-29)19-38-32(42)30-17-26(20-40(30)2)39-31(41)28-6-4-3-5-27(28)23-12-14-25(15-13-23)33(34,35)36/h3-18,20H,19H2,1-2H3,(H,38,42)(H,39,41). The van der Waals surface area contributed by atoms with Crippen LogP contribution in [0.1, 0.15) is 37.5 Å². The van der Waals surface area contributed by atoms with Crippen molar-refractivity contribution in [2.45, 2.75) is 19.6 Å². The number of nitrogens with zero attached hydrogens (tertiary/aromatic N) is 2. The van der Waals surface area contributed by atoms with Gasteiger partial charge < -0.3 is 15.2 Å². The molecule has 9 heteroatoms. The molecule has 3 aromatic carbocycles. The summed E-state index contributed by atoms with van der Waals surface area (Å²) in [4.78, 5) is 30.6. The van der Waals surface area contributed by atoms with E-state index < -0.39 is 17.6 Å². The number of carbonyl (C=O) groups excluding carboxylic acids is 2. The Morgan fingerprint density at radius 1 is 0.857 bits per heavy atom. The highest BCUT2D eigenvalue weighted by molar-refractivity contribution is 6.09. The van der Waals surface area contributed by atoms with Crippen LogP contribution < -0.4 is 10.6 Å². The minimum Gasteiger partial charge on any atom is -0.347 e. The second-order valence-electron chi connectivity index (χ2n) is 9.90. The van der Waals surface area contributed by atoms with Gasteiger partial charge in [-0.3, -0.25) is 14.6 Å². The number of amides is 2. The van der Waals surface area contributed by atoms with Gasteiger partial charge in [0.15, 0.2) is 0 Å². The fourth-order valence-corrected chi connectivity index (χ4v) is 4.53. The van der Waals surface area contributed by atoms with Crippen LogP contribution >= 0.6 is 0 Å². The van der Waals surface area contributed by atoms with Crippen LogP contribution in [0.3, 0.4) is 0 Å². The van der Waals surface area contributed by atoms with E-state index in [1.165, 1.54) is 17.7 Å². The van der Waals surface area contributed by atoms with Crippen LogP contribution in [0.4, 0.5) is 18.9 Å². The third kappa shape index (κ3) is 6.41. The van der Waals surface area contributed by atoms with Crippen LogP contribution in [0.15, 0.2) is 103 Å². The Kier molecular flexibility index (Phi) is 7.93. The summed E-state index contributed by atoms with van der Waals surface area (Å²) in [5.74, 6) is -0.784. The fraction of sp³-hybridized carbons (Fsp3) is 0.121. The Hall–Kier alpha value is -5.18. The zero-order chi connectivity index (χ0) is 29.9. The summed E-state index contributed by atoms with van der Waals surface area (Å²) >= 11 is 0. The van der Waals surface area contributed by atoms with Crippen molar-refractivity contribution in [2.24, 2.45) is 7.05 Å². The van der Waals surface area contributed by atoms with E-state index >= 15 is 0 Å². The fourth-order valence-electron chi connectivity index (χ4n) is 4.53. The first kappa shape index (κ1) is 28.4. The quantitative estimate of drug-likeness (QED) is 0.217. The molecule has 5 aromatic rings. The summed E-state index contributed by atoms with van der Waals surface area (Å²) in [5.41, 5.74) is 5.08. The van der Waals surface area contributed by atoms with E-state index in [9.17, 15) is 22.8 Å². The molecule has 0 aliphatic rings. The molecule has 0 aliphatic heterocycles. The predicted octanol–water partition coefficient (Wildman–Crippen LogP) is 7.26. The molecular weight excluding hydrogens is 541 g/mol. The molecular formula is C33H27F3N4O2. The predicted molar refractivity (Wildman–Crippen MR) is 156 cm³/mol. The molecule has 42 heavy (non-hydrogen) atoms. The smallest absolute Gasteiger partial charge is 0.347 e. The summed E-state index contributed by atoms with van der Waals surface area (Å²) in [6.45, 7) is 2.30. The topological polar surface area (TPSA) is 76.0 Å². The SMILES string of the molecule is Cc1ccc(-c2ccc(CNC(=O)c3cc(NC(=O)c4ccccc4-c4ccc(C(F)(F)F)cc4)cn3C)cn2)cc1. The second-order valence-corrected chi connectivity index (χ2v) is 9.90. The van der Waals surface area contributed by atoms with Crippen LogP contribution in [-0.4, -0.2) is 21.4 Å². The van der Waals surface area contributed by atoms with Gasteiger partial charge in [-0.1, -0.05) is 66.2 Å². The number of alkyl halides is 3. The summed E-state index contributed by atoms with van der Waals surface area (Å²) in [7, 11) is 1.69. The van der Waals surface area contributed by atoms with E-state index in [4.69, 9.17) is 0 Å². The molecule has 0 saturated carbocycles. The molecule has 0 bridgehead atoms. The summed E-state index contributed by atoms with van der Waals surface area (Å²) in [5, 5.41) is 5.66. The maximum absolute atomic E-state index is 13.2. The highest BCUT2D eigenvalue weighted by atomic mass is 19.4. The highest BCUT2D eigenvalue weighted by Crippen LogP contribution is 2.32. The van der Waals surface area contributed by atoms with Crippen molar-refractivity contribution >= 4 is 17.5 Å². The molecule has 6 nitrogen and oxygen atoms in total. The molecule has 5 rings (SSSR count). The van der Waals surface area contributed by atoms with Crippen molar-refractivity contribution in [3.8, 4) is 22.4 Å². The normalized spacial score (nSPS) is 11.3. The third-order valence-corrected chi connectivity index (χ3v) is 6.82. The maximum Gasteiger partial charge on any atom is 0.416 e. The number of aryl methyl sites for hydroxylation is 2. The first-order valence-electron chi connectivity index (χ1n) is 13.1. The van der Waals surface area contributed by atoms with Gasteiger partial charge in [0.1, 0.15) is 5.69 Å². The number of anilines is 1. The van der Waals surface area contributed by atoms with Gasteiger partial charge in [-0.2, -0.15) is 13.2 Å². The average molecular weight is 569 g/mol. The molecule has 0 saturated heterocycles. The van der Waals surface area contributed by atoms with Gasteiger partial charge in [-0.25, -0.2) is 0 Å². The lowest BCUT2D eigenvalue weighted by molar-refractivity contribution is -0.137.